The van der Waals surface area contributed by atoms with Gasteiger partial charge in [-0.05, 0) is 24.3 Å². The molecule has 0 fully saturated rings. The van der Waals surface area contributed by atoms with Gasteiger partial charge in [0.05, 0.1) is 5.56 Å². The first kappa shape index (κ1) is 12.9. The van der Waals surface area contributed by atoms with Crippen molar-refractivity contribution in [3.8, 4) is 0 Å². The fourth-order valence-corrected chi connectivity index (χ4v) is 2.43. The van der Waals surface area contributed by atoms with Crippen molar-refractivity contribution in [2.24, 2.45) is 5.92 Å². The van der Waals surface area contributed by atoms with E-state index in [9.17, 15) is 9.59 Å². The second-order valence-corrected chi connectivity index (χ2v) is 4.86. The highest BCUT2D eigenvalue weighted by atomic mass is 32.1. The third kappa shape index (κ3) is 2.70. The monoisotopic (exact) mass is 239 g/mol. The summed E-state index contributed by atoms with van der Waals surface area (Å²) in [7, 11) is 0. The maximum absolute atomic E-state index is 12.1. The first-order chi connectivity index (χ1) is 7.47. The Kier molecular flexibility index (Phi) is 4.24. The van der Waals surface area contributed by atoms with E-state index in [2.05, 4.69) is 5.32 Å². The van der Waals surface area contributed by atoms with Crippen LogP contribution in [0.3, 0.4) is 0 Å². The van der Waals surface area contributed by atoms with Crippen LogP contribution in [-0.4, -0.2) is 11.7 Å². The van der Waals surface area contributed by atoms with Crippen LogP contribution in [0.25, 0.3) is 0 Å². The van der Waals surface area contributed by atoms with E-state index in [1.54, 1.807) is 0 Å². The predicted molar refractivity (Wildman–Crippen MR) is 67.1 cm³/mol. The third-order valence-corrected chi connectivity index (χ3v) is 3.58. The fraction of sp³-hybridized carbons (Fsp3) is 0.500. The van der Waals surface area contributed by atoms with Gasteiger partial charge >= 0.3 is 0 Å². The lowest BCUT2D eigenvalue weighted by molar-refractivity contribution is -0.114. The summed E-state index contributed by atoms with van der Waals surface area (Å²) in [6.45, 7) is 7.25. The highest BCUT2D eigenvalue weighted by Crippen LogP contribution is 2.30. The number of rotatable bonds is 4. The molecule has 1 amide bonds. The molecule has 1 aromatic heterocycles. The van der Waals surface area contributed by atoms with Gasteiger partial charge in [0, 0.05) is 12.8 Å². The van der Waals surface area contributed by atoms with Gasteiger partial charge in [-0.1, -0.05) is 13.8 Å². The van der Waals surface area contributed by atoms with Gasteiger partial charge < -0.3 is 5.32 Å². The number of thiophene rings is 1. The Balaban J connectivity index is 3.06. The predicted octanol–water partition coefficient (Wildman–Crippen LogP) is 3.24. The minimum Gasteiger partial charge on any atom is -0.317 e. The van der Waals surface area contributed by atoms with Gasteiger partial charge in [0.2, 0.25) is 5.91 Å². The normalized spacial score (nSPS) is 12.2. The zero-order valence-corrected chi connectivity index (χ0v) is 10.9. The molecular weight excluding hydrogens is 222 g/mol. The van der Waals surface area contributed by atoms with Gasteiger partial charge in [-0.15, -0.1) is 11.3 Å². The number of anilines is 1. The average Bonchev–Trinajstić information content (AvgIpc) is 2.56. The van der Waals surface area contributed by atoms with Gasteiger partial charge in [0.1, 0.15) is 5.00 Å². The summed E-state index contributed by atoms with van der Waals surface area (Å²) < 4.78 is 0. The molecule has 3 nitrogen and oxygen atoms in total. The molecule has 0 spiro atoms. The molecule has 1 heterocycles. The molecule has 0 saturated heterocycles. The lowest BCUT2D eigenvalue weighted by atomic mass is 9.96. The maximum Gasteiger partial charge on any atom is 0.221 e. The Labute approximate surface area is 99.9 Å². The summed E-state index contributed by atoms with van der Waals surface area (Å²) >= 11 is 1.41. The molecule has 4 heteroatoms. The standard InChI is InChI=1S/C12H17NO2S/c1-5-7(2)11(15)10-8(3)6-16-12(10)13-9(4)14/h6-7H,5H2,1-4H3,(H,13,14). The SMILES string of the molecule is CCC(C)C(=O)c1c(C)csc1NC(C)=O. The van der Waals surface area contributed by atoms with Crippen LogP contribution < -0.4 is 5.32 Å². The lowest BCUT2D eigenvalue weighted by Crippen LogP contribution is -2.14. The van der Waals surface area contributed by atoms with E-state index in [1.165, 1.54) is 18.3 Å². The molecule has 0 bridgehead atoms. The van der Waals surface area contributed by atoms with E-state index in [1.807, 2.05) is 26.2 Å². The number of aryl methyl sites for hydroxylation is 1. The highest BCUT2D eigenvalue weighted by molar-refractivity contribution is 7.15. The number of ketones is 1. The third-order valence-electron chi connectivity index (χ3n) is 2.57. The van der Waals surface area contributed by atoms with Crippen molar-refractivity contribution in [2.75, 3.05) is 5.32 Å². The van der Waals surface area contributed by atoms with Crippen molar-refractivity contribution in [3.63, 3.8) is 0 Å². The number of carbonyl (C=O) groups is 2. The van der Waals surface area contributed by atoms with Crippen LogP contribution in [0, 0.1) is 12.8 Å². The molecule has 88 valence electrons. The van der Waals surface area contributed by atoms with E-state index in [-0.39, 0.29) is 17.6 Å². The van der Waals surface area contributed by atoms with E-state index in [0.29, 0.717) is 10.6 Å². The van der Waals surface area contributed by atoms with Crippen molar-refractivity contribution in [1.29, 1.82) is 0 Å². The molecule has 0 aliphatic rings. The van der Waals surface area contributed by atoms with Gasteiger partial charge in [-0.3, -0.25) is 9.59 Å². The molecule has 0 saturated carbocycles. The second-order valence-electron chi connectivity index (χ2n) is 3.98. The Morgan fingerprint density at radius 1 is 1.50 bits per heavy atom. The summed E-state index contributed by atoms with van der Waals surface area (Å²) in [5, 5.41) is 5.29. The number of hydrogen-bond acceptors (Lipinski definition) is 3. The zero-order chi connectivity index (χ0) is 12.3. The van der Waals surface area contributed by atoms with E-state index >= 15 is 0 Å². The van der Waals surface area contributed by atoms with Crippen LogP contribution in [0.2, 0.25) is 0 Å². The van der Waals surface area contributed by atoms with E-state index in [4.69, 9.17) is 0 Å². The van der Waals surface area contributed by atoms with Crippen molar-refractivity contribution in [1.82, 2.24) is 0 Å². The minimum absolute atomic E-state index is 0.000748. The summed E-state index contributed by atoms with van der Waals surface area (Å²) in [6, 6.07) is 0. The molecule has 0 radical (unpaired) electrons. The topological polar surface area (TPSA) is 46.2 Å². The Morgan fingerprint density at radius 3 is 2.62 bits per heavy atom. The van der Waals surface area contributed by atoms with E-state index in [0.717, 1.165) is 12.0 Å². The molecule has 0 aliphatic heterocycles. The number of amides is 1. The zero-order valence-electron chi connectivity index (χ0n) is 10.1. The largest absolute Gasteiger partial charge is 0.317 e. The number of carbonyl (C=O) groups excluding carboxylic acids is 2. The summed E-state index contributed by atoms with van der Waals surface area (Å²) in [5.41, 5.74) is 1.62. The van der Waals surface area contributed by atoms with Crippen molar-refractivity contribution >= 4 is 28.0 Å². The Hall–Kier alpha value is -1.16. The van der Waals surface area contributed by atoms with Crippen LogP contribution in [0.15, 0.2) is 5.38 Å². The van der Waals surface area contributed by atoms with Crippen LogP contribution in [0.5, 0.6) is 0 Å². The van der Waals surface area contributed by atoms with Crippen LogP contribution in [-0.2, 0) is 4.79 Å². The molecule has 16 heavy (non-hydrogen) atoms. The van der Waals surface area contributed by atoms with Gasteiger partial charge in [-0.25, -0.2) is 0 Å². The molecule has 1 N–H and O–H groups in total. The molecule has 1 atom stereocenters. The highest BCUT2D eigenvalue weighted by Gasteiger charge is 2.21. The Bertz CT molecular complexity index is 409. The Morgan fingerprint density at radius 2 is 2.12 bits per heavy atom. The van der Waals surface area contributed by atoms with Gasteiger partial charge in [0.25, 0.3) is 0 Å². The average molecular weight is 239 g/mol. The second kappa shape index (κ2) is 5.25. The van der Waals surface area contributed by atoms with Crippen molar-refractivity contribution in [3.05, 3.63) is 16.5 Å². The van der Waals surface area contributed by atoms with Crippen LogP contribution in [0.1, 0.15) is 43.1 Å². The number of Topliss-reactive ketones (excluding diaryl/α,β-unsaturated/α-hetero) is 1. The van der Waals surface area contributed by atoms with Crippen LogP contribution in [0.4, 0.5) is 5.00 Å². The quantitative estimate of drug-likeness (QED) is 0.820. The fourth-order valence-electron chi connectivity index (χ4n) is 1.43. The molecule has 1 unspecified atom stereocenters. The smallest absolute Gasteiger partial charge is 0.221 e. The summed E-state index contributed by atoms with van der Waals surface area (Å²) in [5.74, 6) is -0.0224. The summed E-state index contributed by atoms with van der Waals surface area (Å²) in [4.78, 5) is 23.1. The number of hydrogen-bond donors (Lipinski definition) is 1. The van der Waals surface area contributed by atoms with Gasteiger partial charge in [0.15, 0.2) is 5.78 Å². The molecular formula is C12H17NO2S. The molecule has 0 aliphatic carbocycles. The van der Waals surface area contributed by atoms with Crippen molar-refractivity contribution in [2.45, 2.75) is 34.1 Å². The molecule has 1 aromatic rings. The maximum atomic E-state index is 12.1. The molecule has 0 aromatic carbocycles. The van der Waals surface area contributed by atoms with Crippen molar-refractivity contribution < 1.29 is 9.59 Å². The minimum atomic E-state index is -0.139. The summed E-state index contributed by atoms with van der Waals surface area (Å²) in [6.07, 6.45) is 0.813. The first-order valence-electron chi connectivity index (χ1n) is 5.37. The molecule has 1 rings (SSSR count). The van der Waals surface area contributed by atoms with E-state index < -0.39 is 0 Å². The lowest BCUT2D eigenvalue weighted by Gasteiger charge is -2.09. The number of nitrogens with one attached hydrogen (secondary N) is 1. The first-order valence-corrected chi connectivity index (χ1v) is 6.25. The van der Waals surface area contributed by atoms with Gasteiger partial charge in [-0.2, -0.15) is 0 Å². The van der Waals surface area contributed by atoms with Crippen LogP contribution >= 0.6 is 11.3 Å².